The molecule has 0 fully saturated rings. The first-order chi connectivity index (χ1) is 7.01. The minimum Gasteiger partial charge on any atom is -0.481 e. The number of aromatic nitrogens is 1. The maximum Gasteiger partial charge on any atom is 0.289 e. The first-order valence-corrected chi connectivity index (χ1v) is 4.25. The predicted octanol–water partition coefficient (Wildman–Crippen LogP) is 0.718. The molecule has 0 saturated heterocycles. The number of alkyl halides is 2. The van der Waals surface area contributed by atoms with Crippen LogP contribution in [0.2, 0.25) is 0 Å². The second kappa shape index (κ2) is 4.50. The highest BCUT2D eigenvalue weighted by molar-refractivity contribution is 5.22. The minimum atomic E-state index is -3.35. The molecule has 6 heteroatoms. The standard InChI is InChI=1S/C9H12F2N2O2/c1-15-7-3-2-6(4-13-7)8(12)9(10,11)5-14/h2-4,8,14H,5,12H2,1H3. The van der Waals surface area contributed by atoms with E-state index < -0.39 is 18.6 Å². The molecule has 1 aromatic rings. The van der Waals surface area contributed by atoms with Crippen LogP contribution in [0.25, 0.3) is 0 Å². The number of pyridine rings is 1. The Labute approximate surface area is 85.7 Å². The Morgan fingerprint density at radius 2 is 2.27 bits per heavy atom. The van der Waals surface area contributed by atoms with Crippen LogP contribution in [0.4, 0.5) is 8.78 Å². The molecule has 0 aliphatic carbocycles. The van der Waals surface area contributed by atoms with E-state index in [1.807, 2.05) is 0 Å². The lowest BCUT2D eigenvalue weighted by molar-refractivity contribution is -0.0712. The van der Waals surface area contributed by atoms with Crippen molar-refractivity contribution in [2.24, 2.45) is 5.73 Å². The Bertz CT molecular complexity index is 316. The molecule has 3 N–H and O–H groups in total. The molecule has 1 unspecified atom stereocenters. The van der Waals surface area contributed by atoms with E-state index in [0.29, 0.717) is 5.88 Å². The van der Waals surface area contributed by atoms with Crippen LogP contribution in [-0.2, 0) is 0 Å². The third-order valence-corrected chi connectivity index (χ3v) is 1.99. The smallest absolute Gasteiger partial charge is 0.289 e. The quantitative estimate of drug-likeness (QED) is 0.781. The van der Waals surface area contributed by atoms with E-state index in [1.54, 1.807) is 0 Å². The van der Waals surface area contributed by atoms with Gasteiger partial charge in [-0.05, 0) is 5.56 Å². The summed E-state index contributed by atoms with van der Waals surface area (Å²) in [5.41, 5.74) is 5.43. The fourth-order valence-corrected chi connectivity index (χ4v) is 1.04. The lowest BCUT2D eigenvalue weighted by Gasteiger charge is -2.21. The molecular weight excluding hydrogens is 206 g/mol. The minimum absolute atomic E-state index is 0.148. The fraction of sp³-hybridized carbons (Fsp3) is 0.444. The zero-order valence-electron chi connectivity index (χ0n) is 8.15. The summed E-state index contributed by atoms with van der Waals surface area (Å²) in [5.74, 6) is -3.03. The molecule has 84 valence electrons. The summed E-state index contributed by atoms with van der Waals surface area (Å²) in [6.45, 7) is -1.29. The van der Waals surface area contributed by atoms with E-state index in [1.165, 1.54) is 25.4 Å². The van der Waals surface area contributed by atoms with Gasteiger partial charge in [0.05, 0.1) is 13.2 Å². The van der Waals surface area contributed by atoms with Gasteiger partial charge in [-0.1, -0.05) is 6.07 Å². The second-order valence-electron chi connectivity index (χ2n) is 3.03. The van der Waals surface area contributed by atoms with Gasteiger partial charge in [0, 0.05) is 12.3 Å². The number of rotatable bonds is 4. The van der Waals surface area contributed by atoms with Crippen LogP contribution in [0.15, 0.2) is 18.3 Å². The molecule has 1 rings (SSSR count). The SMILES string of the molecule is COc1ccc(C(N)C(F)(F)CO)cn1. The summed E-state index contributed by atoms with van der Waals surface area (Å²) < 4.78 is 30.7. The lowest BCUT2D eigenvalue weighted by atomic mass is 10.0. The first-order valence-electron chi connectivity index (χ1n) is 4.25. The molecule has 0 saturated carbocycles. The molecule has 0 aliphatic rings. The van der Waals surface area contributed by atoms with Crippen molar-refractivity contribution in [2.75, 3.05) is 13.7 Å². The summed E-state index contributed by atoms with van der Waals surface area (Å²) in [7, 11) is 1.42. The van der Waals surface area contributed by atoms with Crippen LogP contribution in [0.3, 0.4) is 0 Å². The topological polar surface area (TPSA) is 68.4 Å². The van der Waals surface area contributed by atoms with Crippen molar-refractivity contribution in [1.29, 1.82) is 0 Å². The molecule has 1 heterocycles. The van der Waals surface area contributed by atoms with E-state index in [9.17, 15) is 8.78 Å². The van der Waals surface area contributed by atoms with Crippen LogP contribution in [-0.4, -0.2) is 29.7 Å². The molecule has 0 spiro atoms. The van der Waals surface area contributed by atoms with Crippen LogP contribution in [0.5, 0.6) is 5.88 Å². The van der Waals surface area contributed by atoms with Gasteiger partial charge in [-0.3, -0.25) is 0 Å². The van der Waals surface area contributed by atoms with Crippen LogP contribution in [0, 0.1) is 0 Å². The monoisotopic (exact) mass is 218 g/mol. The van der Waals surface area contributed by atoms with Gasteiger partial charge in [-0.15, -0.1) is 0 Å². The van der Waals surface area contributed by atoms with Crippen molar-refractivity contribution < 1.29 is 18.6 Å². The number of hydrogen-bond acceptors (Lipinski definition) is 4. The fourth-order valence-electron chi connectivity index (χ4n) is 1.04. The van der Waals surface area contributed by atoms with Crippen LogP contribution in [0.1, 0.15) is 11.6 Å². The number of nitrogens with two attached hydrogens (primary N) is 1. The number of nitrogens with zero attached hydrogens (tertiary/aromatic N) is 1. The number of methoxy groups -OCH3 is 1. The van der Waals surface area contributed by atoms with E-state index in [4.69, 9.17) is 15.6 Å². The van der Waals surface area contributed by atoms with Crippen molar-refractivity contribution in [1.82, 2.24) is 4.98 Å². The lowest BCUT2D eigenvalue weighted by Crippen LogP contribution is -2.36. The molecule has 4 nitrogen and oxygen atoms in total. The van der Waals surface area contributed by atoms with Crippen LogP contribution < -0.4 is 10.5 Å². The first kappa shape index (κ1) is 11.8. The Morgan fingerprint density at radius 1 is 1.60 bits per heavy atom. The zero-order chi connectivity index (χ0) is 11.5. The number of ether oxygens (including phenoxy) is 1. The van der Waals surface area contributed by atoms with E-state index in [0.717, 1.165) is 0 Å². The number of aliphatic hydroxyl groups excluding tert-OH is 1. The van der Waals surface area contributed by atoms with Gasteiger partial charge in [-0.25, -0.2) is 13.8 Å². The number of hydrogen-bond donors (Lipinski definition) is 2. The highest BCUT2D eigenvalue weighted by atomic mass is 19.3. The molecule has 1 aromatic heterocycles. The third-order valence-electron chi connectivity index (χ3n) is 1.99. The van der Waals surface area contributed by atoms with Crippen molar-refractivity contribution >= 4 is 0 Å². The highest BCUT2D eigenvalue weighted by Gasteiger charge is 2.37. The van der Waals surface area contributed by atoms with Gasteiger partial charge in [0.1, 0.15) is 6.61 Å². The molecule has 1 atom stereocenters. The number of aliphatic hydroxyl groups is 1. The second-order valence-corrected chi connectivity index (χ2v) is 3.03. The molecule has 0 aliphatic heterocycles. The molecule has 0 aromatic carbocycles. The van der Waals surface area contributed by atoms with E-state index in [-0.39, 0.29) is 5.56 Å². The largest absolute Gasteiger partial charge is 0.481 e. The average molecular weight is 218 g/mol. The van der Waals surface area contributed by atoms with Gasteiger partial charge in [0.25, 0.3) is 5.92 Å². The van der Waals surface area contributed by atoms with Gasteiger partial charge in [0.15, 0.2) is 0 Å². The van der Waals surface area contributed by atoms with Crippen molar-refractivity contribution in [3.05, 3.63) is 23.9 Å². The van der Waals surface area contributed by atoms with Crippen molar-refractivity contribution in [3.63, 3.8) is 0 Å². The Hall–Kier alpha value is -1.27. The van der Waals surface area contributed by atoms with E-state index in [2.05, 4.69) is 4.98 Å². The molecule has 15 heavy (non-hydrogen) atoms. The molecule has 0 radical (unpaired) electrons. The maximum absolute atomic E-state index is 13.0. The summed E-state index contributed by atoms with van der Waals surface area (Å²) in [6.07, 6.45) is 1.20. The van der Waals surface area contributed by atoms with E-state index >= 15 is 0 Å². The summed E-state index contributed by atoms with van der Waals surface area (Å²) in [4.78, 5) is 3.75. The molecule has 0 bridgehead atoms. The zero-order valence-corrected chi connectivity index (χ0v) is 8.15. The van der Waals surface area contributed by atoms with Gasteiger partial charge >= 0.3 is 0 Å². The highest BCUT2D eigenvalue weighted by Crippen LogP contribution is 2.28. The average Bonchev–Trinajstić information content (AvgIpc) is 2.28. The number of halogens is 2. The van der Waals surface area contributed by atoms with Crippen molar-refractivity contribution in [3.8, 4) is 5.88 Å². The maximum atomic E-state index is 13.0. The predicted molar refractivity (Wildman–Crippen MR) is 49.8 cm³/mol. The van der Waals surface area contributed by atoms with Gasteiger partial charge < -0.3 is 15.6 Å². The van der Waals surface area contributed by atoms with Gasteiger partial charge in [0.2, 0.25) is 5.88 Å². The Balaban J connectivity index is 2.87. The Morgan fingerprint density at radius 3 is 2.67 bits per heavy atom. The third kappa shape index (κ3) is 2.60. The summed E-state index contributed by atoms with van der Waals surface area (Å²) in [5, 5.41) is 8.45. The van der Waals surface area contributed by atoms with Gasteiger partial charge in [-0.2, -0.15) is 0 Å². The van der Waals surface area contributed by atoms with Crippen molar-refractivity contribution in [2.45, 2.75) is 12.0 Å². The van der Waals surface area contributed by atoms with Crippen LogP contribution >= 0.6 is 0 Å². The summed E-state index contributed by atoms with van der Waals surface area (Å²) >= 11 is 0. The summed E-state index contributed by atoms with van der Waals surface area (Å²) in [6, 6.07) is 1.25. The Kier molecular flexibility index (Phi) is 3.54. The molecular formula is C9H12F2N2O2. The normalized spacial score (nSPS) is 13.7. The molecule has 0 amide bonds.